The number of nitrogens with one attached hydrogen (secondary N) is 1. The highest BCUT2D eigenvalue weighted by molar-refractivity contribution is 8.26. The minimum Gasteiger partial charge on any atom is -0.480 e. The first-order valence-electron chi connectivity index (χ1n) is 6.59. The van der Waals surface area contributed by atoms with Crippen molar-refractivity contribution >= 4 is 62.8 Å². The molecule has 1 aliphatic rings. The third-order valence-electron chi connectivity index (χ3n) is 3.36. The van der Waals surface area contributed by atoms with Crippen LogP contribution in [0.4, 0.5) is 5.69 Å². The van der Waals surface area contributed by atoms with Gasteiger partial charge in [0.2, 0.25) is 0 Å². The van der Waals surface area contributed by atoms with Crippen LogP contribution < -0.4 is 0 Å². The van der Waals surface area contributed by atoms with Crippen molar-refractivity contribution in [2.75, 3.05) is 6.54 Å². The monoisotopic (exact) mass is 363 g/mol. The van der Waals surface area contributed by atoms with Crippen molar-refractivity contribution in [3.8, 4) is 0 Å². The summed E-state index contributed by atoms with van der Waals surface area (Å²) in [6.45, 7) is -0.499. The molecule has 122 valence electrons. The molecule has 0 spiro atoms. The number of thiocarbonyl (C=S) groups is 1. The molecule has 0 aliphatic carbocycles. The Labute approximate surface area is 144 Å². The lowest BCUT2D eigenvalue weighted by Gasteiger charge is -2.10. The average Bonchev–Trinajstić information content (AvgIpc) is 3.03. The number of carbonyl (C=O) groups is 2. The Kier molecular flexibility index (Phi) is 4.08. The molecule has 3 rings (SSSR count). The van der Waals surface area contributed by atoms with Crippen LogP contribution in [0.3, 0.4) is 0 Å². The van der Waals surface area contributed by atoms with Gasteiger partial charge in [-0.25, -0.2) is 0 Å². The van der Waals surface area contributed by atoms with Gasteiger partial charge in [-0.05, 0) is 12.1 Å². The van der Waals surface area contributed by atoms with Crippen LogP contribution in [0.25, 0.3) is 17.0 Å². The zero-order valence-corrected chi connectivity index (χ0v) is 13.5. The number of H-pyrrole nitrogens is 1. The highest BCUT2D eigenvalue weighted by Gasteiger charge is 2.33. The molecule has 1 fully saturated rings. The molecular weight excluding hydrogens is 354 g/mol. The van der Waals surface area contributed by atoms with E-state index in [1.807, 2.05) is 0 Å². The van der Waals surface area contributed by atoms with Gasteiger partial charge in [0.1, 0.15) is 10.9 Å². The molecule has 2 N–H and O–H groups in total. The van der Waals surface area contributed by atoms with E-state index in [4.69, 9.17) is 17.3 Å². The van der Waals surface area contributed by atoms with Gasteiger partial charge in [0.25, 0.3) is 11.6 Å². The molecule has 2 aromatic rings. The quantitative estimate of drug-likeness (QED) is 0.371. The van der Waals surface area contributed by atoms with Crippen molar-refractivity contribution < 1.29 is 19.6 Å². The van der Waals surface area contributed by atoms with Crippen molar-refractivity contribution in [3.63, 3.8) is 0 Å². The molecule has 0 bridgehead atoms. The first-order valence-corrected chi connectivity index (χ1v) is 7.82. The Morgan fingerprint density at radius 3 is 2.92 bits per heavy atom. The number of hydrogen-bond donors (Lipinski definition) is 2. The second kappa shape index (κ2) is 6.06. The fourth-order valence-electron chi connectivity index (χ4n) is 2.28. The standard InChI is InChI=1S/C14H9N3O5S2/c18-12(19)6-16-13(20)11(24-14(16)23)3-7-5-15-10-2-1-8(17(21)22)4-9(7)10/h1-5,15H,6H2,(H,18,19)/b11-3-. The Balaban J connectivity index is 2.00. The maximum Gasteiger partial charge on any atom is 0.323 e. The number of hydrogen-bond acceptors (Lipinski definition) is 6. The molecule has 2 heterocycles. The summed E-state index contributed by atoms with van der Waals surface area (Å²) in [5.74, 6) is -1.65. The molecule has 1 aliphatic heterocycles. The molecule has 10 heteroatoms. The number of nitro benzene ring substituents is 1. The van der Waals surface area contributed by atoms with Crippen molar-refractivity contribution in [2.24, 2.45) is 0 Å². The largest absolute Gasteiger partial charge is 0.480 e. The number of rotatable bonds is 4. The van der Waals surface area contributed by atoms with Gasteiger partial charge < -0.3 is 10.1 Å². The number of carboxylic acids is 1. The Morgan fingerprint density at radius 1 is 1.50 bits per heavy atom. The van der Waals surface area contributed by atoms with Crippen LogP contribution in [0, 0.1) is 10.1 Å². The van der Waals surface area contributed by atoms with E-state index in [9.17, 15) is 19.7 Å². The van der Waals surface area contributed by atoms with Gasteiger partial charge in [-0.2, -0.15) is 0 Å². The smallest absolute Gasteiger partial charge is 0.323 e. The summed E-state index contributed by atoms with van der Waals surface area (Å²) in [4.78, 5) is 37.7. The number of nitrogens with zero attached hydrogens (tertiary/aromatic N) is 2. The molecule has 1 aromatic heterocycles. The highest BCUT2D eigenvalue weighted by atomic mass is 32.2. The van der Waals surface area contributed by atoms with Gasteiger partial charge >= 0.3 is 5.97 Å². The molecule has 8 nitrogen and oxygen atoms in total. The maximum atomic E-state index is 12.3. The summed E-state index contributed by atoms with van der Waals surface area (Å²) in [6.07, 6.45) is 3.17. The summed E-state index contributed by atoms with van der Waals surface area (Å²) in [5.41, 5.74) is 1.22. The SMILES string of the molecule is O=C(O)CN1C(=O)/C(=C/c2c[nH]c3ccc([N+](=O)[O-])cc23)SC1=S. The average molecular weight is 363 g/mol. The summed E-state index contributed by atoms with van der Waals surface area (Å²) in [7, 11) is 0. The van der Waals surface area contributed by atoms with Crippen molar-refractivity contribution in [1.82, 2.24) is 9.88 Å². The Bertz CT molecular complexity index is 934. The molecule has 1 aromatic carbocycles. The normalized spacial score (nSPS) is 16.3. The number of fused-ring (bicyclic) bond motifs is 1. The zero-order chi connectivity index (χ0) is 17.4. The first kappa shape index (κ1) is 16.1. The van der Waals surface area contributed by atoms with Crippen molar-refractivity contribution in [1.29, 1.82) is 0 Å². The van der Waals surface area contributed by atoms with Crippen molar-refractivity contribution in [3.05, 3.63) is 45.0 Å². The van der Waals surface area contributed by atoms with Gasteiger partial charge in [-0.15, -0.1) is 0 Å². The predicted molar refractivity (Wildman–Crippen MR) is 92.5 cm³/mol. The lowest BCUT2D eigenvalue weighted by atomic mass is 10.1. The predicted octanol–water partition coefficient (Wildman–Crippen LogP) is 2.36. The number of benzene rings is 1. The van der Waals surface area contributed by atoms with Crippen LogP contribution >= 0.6 is 24.0 Å². The van der Waals surface area contributed by atoms with E-state index in [1.165, 1.54) is 12.1 Å². The Hall–Kier alpha value is -2.72. The summed E-state index contributed by atoms with van der Waals surface area (Å²) < 4.78 is 0.166. The Morgan fingerprint density at radius 2 is 2.25 bits per heavy atom. The second-order valence-corrected chi connectivity index (χ2v) is 6.57. The van der Waals surface area contributed by atoms with Crippen LogP contribution in [-0.4, -0.2) is 42.7 Å². The van der Waals surface area contributed by atoms with Crippen LogP contribution in [-0.2, 0) is 9.59 Å². The number of carboxylic acid groups (broad SMARTS) is 1. The fraction of sp³-hybridized carbons (Fsp3) is 0.0714. The lowest BCUT2D eigenvalue weighted by Crippen LogP contribution is -2.33. The van der Waals surface area contributed by atoms with Crippen LogP contribution in [0.2, 0.25) is 0 Å². The number of thioether (sulfide) groups is 1. The van der Waals surface area contributed by atoms with E-state index >= 15 is 0 Å². The maximum absolute atomic E-state index is 12.3. The third kappa shape index (κ3) is 2.88. The van der Waals surface area contributed by atoms with Gasteiger partial charge in [0.05, 0.1) is 9.83 Å². The van der Waals surface area contributed by atoms with Crippen LogP contribution in [0.15, 0.2) is 29.3 Å². The summed E-state index contributed by atoms with van der Waals surface area (Å²) in [5, 5.41) is 20.3. The molecule has 0 unspecified atom stereocenters. The minimum atomic E-state index is -1.16. The fourth-order valence-corrected chi connectivity index (χ4v) is 3.52. The van der Waals surface area contributed by atoms with Gasteiger partial charge in [0.15, 0.2) is 0 Å². The van der Waals surface area contributed by atoms with Gasteiger partial charge in [0, 0.05) is 34.8 Å². The summed E-state index contributed by atoms with van der Waals surface area (Å²) in [6, 6.07) is 4.38. The number of aromatic nitrogens is 1. The van der Waals surface area contributed by atoms with Gasteiger partial charge in [-0.3, -0.25) is 24.6 Å². The molecule has 0 saturated carbocycles. The molecule has 1 saturated heterocycles. The highest BCUT2D eigenvalue weighted by Crippen LogP contribution is 2.34. The van der Waals surface area contributed by atoms with Crippen LogP contribution in [0.1, 0.15) is 5.56 Å². The lowest BCUT2D eigenvalue weighted by molar-refractivity contribution is -0.384. The molecule has 0 radical (unpaired) electrons. The van der Waals surface area contributed by atoms with Gasteiger partial charge in [-0.1, -0.05) is 24.0 Å². The van der Waals surface area contributed by atoms with E-state index < -0.39 is 23.3 Å². The molecule has 1 amide bonds. The van der Waals surface area contributed by atoms with E-state index in [2.05, 4.69) is 4.98 Å². The number of non-ortho nitro benzene ring substituents is 1. The zero-order valence-electron chi connectivity index (χ0n) is 11.9. The van der Waals surface area contributed by atoms with Crippen LogP contribution in [0.5, 0.6) is 0 Å². The summed E-state index contributed by atoms with van der Waals surface area (Å²) >= 11 is 6.03. The number of carbonyl (C=O) groups excluding carboxylic acids is 1. The number of nitro groups is 1. The van der Waals surface area contributed by atoms with E-state index in [1.54, 1.807) is 18.3 Å². The second-order valence-electron chi connectivity index (χ2n) is 4.89. The molecule has 0 atom stereocenters. The number of amides is 1. The first-order chi connectivity index (χ1) is 11.4. The van der Waals surface area contributed by atoms with E-state index in [-0.39, 0.29) is 14.9 Å². The number of aliphatic carboxylic acids is 1. The number of aromatic amines is 1. The van der Waals surface area contributed by atoms with E-state index in [0.717, 1.165) is 16.7 Å². The third-order valence-corrected chi connectivity index (χ3v) is 4.74. The molecular formula is C14H9N3O5S2. The van der Waals surface area contributed by atoms with E-state index in [0.29, 0.717) is 16.5 Å². The molecule has 24 heavy (non-hydrogen) atoms. The minimum absolute atomic E-state index is 0.0600. The topological polar surface area (TPSA) is 117 Å². The van der Waals surface area contributed by atoms with Crippen molar-refractivity contribution in [2.45, 2.75) is 0 Å².